The molecular formula is C21H29N3O2. The summed E-state index contributed by atoms with van der Waals surface area (Å²) in [6, 6.07) is 10.9. The van der Waals surface area contributed by atoms with Crippen LogP contribution in [0, 0.1) is 6.92 Å². The van der Waals surface area contributed by atoms with Crippen molar-refractivity contribution in [2.24, 2.45) is 5.16 Å². The highest BCUT2D eigenvalue weighted by Gasteiger charge is 2.20. The average molecular weight is 355 g/mol. The van der Waals surface area contributed by atoms with Gasteiger partial charge in [0.2, 0.25) is 0 Å². The Kier molecular flexibility index (Phi) is 6.25. The number of benzene rings is 2. The number of hydrogen-bond donors (Lipinski definition) is 2. The fourth-order valence-corrected chi connectivity index (χ4v) is 3.36. The van der Waals surface area contributed by atoms with Crippen LogP contribution in [0.25, 0.3) is 10.8 Å². The van der Waals surface area contributed by atoms with Crippen LogP contribution in [0.3, 0.4) is 0 Å². The molecule has 2 aromatic carbocycles. The van der Waals surface area contributed by atoms with Crippen LogP contribution >= 0.6 is 0 Å². The largest absolute Gasteiger partial charge is 0.393 e. The number of aliphatic hydroxyl groups is 1. The van der Waals surface area contributed by atoms with E-state index in [2.05, 4.69) is 52.6 Å². The molecular weight excluding hydrogens is 326 g/mol. The summed E-state index contributed by atoms with van der Waals surface area (Å²) in [5, 5.41) is 20.1. The third-order valence-electron chi connectivity index (χ3n) is 4.77. The predicted octanol–water partition coefficient (Wildman–Crippen LogP) is 2.33. The number of oxime groups is 1. The monoisotopic (exact) mass is 355 g/mol. The van der Waals surface area contributed by atoms with Crippen molar-refractivity contribution in [1.29, 1.82) is 0 Å². The van der Waals surface area contributed by atoms with Gasteiger partial charge in [0.05, 0.1) is 5.71 Å². The molecule has 0 amide bonds. The Morgan fingerprint density at radius 2 is 2.08 bits per heavy atom. The number of hydrogen-bond acceptors (Lipinski definition) is 5. The van der Waals surface area contributed by atoms with Gasteiger partial charge in [0, 0.05) is 25.2 Å². The highest BCUT2D eigenvalue weighted by atomic mass is 16.6. The standard InChI is InChI=1S/C21H29N3O2/c1-15-4-6-18-16(12-15)5-7-20-19(18)8-9-21(20)23-26-14-17(25)13-22-10-11-24(2)3/h4-7,12,17,22,25H,8-11,13-14H2,1-3H3. The molecule has 1 aliphatic carbocycles. The Morgan fingerprint density at radius 3 is 2.88 bits per heavy atom. The van der Waals surface area contributed by atoms with E-state index >= 15 is 0 Å². The zero-order valence-corrected chi connectivity index (χ0v) is 16.0. The Bertz CT molecular complexity index is 786. The highest BCUT2D eigenvalue weighted by Crippen LogP contribution is 2.30. The van der Waals surface area contributed by atoms with Gasteiger partial charge in [-0.05, 0) is 50.2 Å². The van der Waals surface area contributed by atoms with Gasteiger partial charge in [-0.15, -0.1) is 0 Å². The smallest absolute Gasteiger partial charge is 0.144 e. The van der Waals surface area contributed by atoms with Crippen LogP contribution in [-0.2, 0) is 11.3 Å². The summed E-state index contributed by atoms with van der Waals surface area (Å²) >= 11 is 0. The minimum absolute atomic E-state index is 0.209. The molecule has 1 aliphatic rings. The van der Waals surface area contributed by atoms with E-state index in [9.17, 15) is 5.11 Å². The third-order valence-corrected chi connectivity index (χ3v) is 4.77. The lowest BCUT2D eigenvalue weighted by atomic mass is 9.99. The maximum atomic E-state index is 9.98. The quantitative estimate of drug-likeness (QED) is 0.564. The minimum Gasteiger partial charge on any atom is -0.393 e. The van der Waals surface area contributed by atoms with Gasteiger partial charge >= 0.3 is 0 Å². The molecule has 3 rings (SSSR count). The third kappa shape index (κ3) is 4.61. The Balaban J connectivity index is 1.56. The van der Waals surface area contributed by atoms with E-state index in [0.29, 0.717) is 6.54 Å². The molecule has 5 heteroatoms. The first-order chi connectivity index (χ1) is 12.5. The molecule has 0 saturated heterocycles. The van der Waals surface area contributed by atoms with Crippen molar-refractivity contribution in [1.82, 2.24) is 10.2 Å². The summed E-state index contributed by atoms with van der Waals surface area (Å²) in [7, 11) is 4.06. The van der Waals surface area contributed by atoms with Gasteiger partial charge in [-0.25, -0.2) is 0 Å². The molecule has 2 aromatic rings. The molecule has 0 aromatic heterocycles. The van der Waals surface area contributed by atoms with Crippen LogP contribution in [0.2, 0.25) is 0 Å². The summed E-state index contributed by atoms with van der Waals surface area (Å²) in [6.07, 6.45) is 1.33. The first-order valence-electron chi connectivity index (χ1n) is 9.29. The van der Waals surface area contributed by atoms with Crippen LogP contribution in [0.4, 0.5) is 0 Å². The maximum Gasteiger partial charge on any atom is 0.144 e. The van der Waals surface area contributed by atoms with Gasteiger partial charge in [0.1, 0.15) is 12.7 Å². The second kappa shape index (κ2) is 8.62. The van der Waals surface area contributed by atoms with Gasteiger partial charge in [-0.3, -0.25) is 0 Å². The average Bonchev–Trinajstić information content (AvgIpc) is 3.01. The van der Waals surface area contributed by atoms with Crippen molar-refractivity contribution in [3.63, 3.8) is 0 Å². The Morgan fingerprint density at radius 1 is 1.23 bits per heavy atom. The van der Waals surface area contributed by atoms with E-state index < -0.39 is 6.10 Å². The van der Waals surface area contributed by atoms with Gasteiger partial charge in [-0.2, -0.15) is 0 Å². The van der Waals surface area contributed by atoms with Crippen molar-refractivity contribution in [2.75, 3.05) is 40.3 Å². The molecule has 5 nitrogen and oxygen atoms in total. The molecule has 0 spiro atoms. The molecule has 1 atom stereocenters. The van der Waals surface area contributed by atoms with E-state index in [1.54, 1.807) is 0 Å². The number of rotatable bonds is 8. The first-order valence-corrected chi connectivity index (χ1v) is 9.29. The minimum atomic E-state index is -0.554. The number of aryl methyl sites for hydroxylation is 2. The van der Waals surface area contributed by atoms with Crippen LogP contribution in [-0.4, -0.2) is 62.2 Å². The SMILES string of the molecule is Cc1ccc2c3c(ccc2c1)C(=NOCC(O)CNCCN(C)C)CC3. The molecule has 2 N–H and O–H groups in total. The van der Waals surface area contributed by atoms with Crippen LogP contribution in [0.5, 0.6) is 0 Å². The maximum absolute atomic E-state index is 9.98. The van der Waals surface area contributed by atoms with E-state index in [4.69, 9.17) is 4.84 Å². The van der Waals surface area contributed by atoms with Crippen LogP contribution in [0.1, 0.15) is 23.1 Å². The molecule has 26 heavy (non-hydrogen) atoms. The summed E-state index contributed by atoms with van der Waals surface area (Å²) in [6.45, 7) is 4.63. The normalized spacial score (nSPS) is 16.4. The Labute approximate surface area is 155 Å². The fourth-order valence-electron chi connectivity index (χ4n) is 3.36. The van der Waals surface area contributed by atoms with E-state index in [1.165, 1.54) is 27.5 Å². The number of fused-ring (bicyclic) bond motifs is 3. The van der Waals surface area contributed by atoms with Gasteiger partial charge in [0.25, 0.3) is 0 Å². The number of nitrogens with zero attached hydrogens (tertiary/aromatic N) is 2. The molecule has 0 bridgehead atoms. The number of likely N-dealkylation sites (N-methyl/N-ethyl adjacent to an activating group) is 1. The van der Waals surface area contributed by atoms with Crippen molar-refractivity contribution in [3.8, 4) is 0 Å². The van der Waals surface area contributed by atoms with Crippen LogP contribution in [0.15, 0.2) is 35.5 Å². The van der Waals surface area contributed by atoms with Gasteiger partial charge in [-0.1, -0.05) is 41.1 Å². The number of nitrogens with one attached hydrogen (secondary N) is 1. The summed E-state index contributed by atoms with van der Waals surface area (Å²) in [4.78, 5) is 7.53. The lowest BCUT2D eigenvalue weighted by molar-refractivity contribution is 0.0402. The van der Waals surface area contributed by atoms with Gasteiger partial charge < -0.3 is 20.2 Å². The molecule has 1 unspecified atom stereocenters. The zero-order chi connectivity index (χ0) is 18.5. The van der Waals surface area contributed by atoms with Crippen LogP contribution < -0.4 is 5.32 Å². The molecule has 0 radical (unpaired) electrons. The van der Waals surface area contributed by atoms with Crippen molar-refractivity contribution in [3.05, 3.63) is 47.0 Å². The molecule has 0 heterocycles. The van der Waals surface area contributed by atoms with Gasteiger partial charge in [0.15, 0.2) is 0 Å². The fraction of sp³-hybridized carbons (Fsp3) is 0.476. The second-order valence-corrected chi connectivity index (χ2v) is 7.31. The highest BCUT2D eigenvalue weighted by molar-refractivity contribution is 6.08. The van der Waals surface area contributed by atoms with Crippen molar-refractivity contribution < 1.29 is 9.94 Å². The second-order valence-electron chi connectivity index (χ2n) is 7.31. The molecule has 0 fully saturated rings. The summed E-state index contributed by atoms with van der Waals surface area (Å²) in [5.41, 5.74) is 4.80. The first kappa shape index (κ1) is 18.8. The molecule has 0 saturated carbocycles. The topological polar surface area (TPSA) is 57.1 Å². The summed E-state index contributed by atoms with van der Waals surface area (Å²) in [5.74, 6) is 0. The Hall–Kier alpha value is -1.95. The van der Waals surface area contributed by atoms with E-state index in [0.717, 1.165) is 31.6 Å². The summed E-state index contributed by atoms with van der Waals surface area (Å²) < 4.78 is 0. The molecule has 140 valence electrons. The number of aliphatic hydroxyl groups excluding tert-OH is 1. The van der Waals surface area contributed by atoms with E-state index in [1.807, 2.05) is 14.1 Å². The molecule has 0 aliphatic heterocycles. The zero-order valence-electron chi connectivity index (χ0n) is 16.0. The van der Waals surface area contributed by atoms with Crippen molar-refractivity contribution >= 4 is 16.5 Å². The lowest BCUT2D eigenvalue weighted by Gasteiger charge is -2.13. The van der Waals surface area contributed by atoms with E-state index in [-0.39, 0.29) is 6.61 Å². The van der Waals surface area contributed by atoms with Crippen molar-refractivity contribution in [2.45, 2.75) is 25.9 Å². The lowest BCUT2D eigenvalue weighted by Crippen LogP contribution is -2.34. The predicted molar refractivity (Wildman–Crippen MR) is 107 cm³/mol.